The van der Waals surface area contributed by atoms with Crippen molar-refractivity contribution in [3.63, 3.8) is 0 Å². The summed E-state index contributed by atoms with van der Waals surface area (Å²) in [5, 5.41) is 8.94. The van der Waals surface area contributed by atoms with Gasteiger partial charge in [-0.3, -0.25) is 14.4 Å². The highest BCUT2D eigenvalue weighted by Crippen LogP contribution is 2.17. The molecular weight excluding hydrogens is 303 g/mol. The van der Waals surface area contributed by atoms with Crippen molar-refractivity contribution in [1.82, 2.24) is 9.80 Å². The van der Waals surface area contributed by atoms with Crippen LogP contribution in [0.3, 0.4) is 0 Å². The lowest BCUT2D eigenvalue weighted by atomic mass is 9.97. The zero-order chi connectivity index (χ0) is 17.0. The summed E-state index contributed by atoms with van der Waals surface area (Å²) < 4.78 is 12.9. The average molecular weight is 322 g/mol. The second-order valence-corrected chi connectivity index (χ2v) is 5.66. The molecule has 0 bridgehead atoms. The molecule has 1 heterocycles. The van der Waals surface area contributed by atoms with Gasteiger partial charge in [0.05, 0.1) is 12.5 Å². The van der Waals surface area contributed by atoms with Gasteiger partial charge in [-0.15, -0.1) is 0 Å². The van der Waals surface area contributed by atoms with Crippen LogP contribution in [0.5, 0.6) is 0 Å². The van der Waals surface area contributed by atoms with E-state index in [1.807, 2.05) is 0 Å². The molecule has 2 rings (SSSR count). The van der Waals surface area contributed by atoms with E-state index >= 15 is 0 Å². The molecule has 1 aromatic carbocycles. The molecule has 1 fully saturated rings. The van der Waals surface area contributed by atoms with Gasteiger partial charge < -0.3 is 14.9 Å². The summed E-state index contributed by atoms with van der Waals surface area (Å²) in [5.41, 5.74) is 0.311. The van der Waals surface area contributed by atoms with E-state index in [0.29, 0.717) is 31.5 Å². The lowest BCUT2D eigenvalue weighted by Crippen LogP contribution is -2.45. The van der Waals surface area contributed by atoms with Gasteiger partial charge in [-0.2, -0.15) is 0 Å². The van der Waals surface area contributed by atoms with Crippen molar-refractivity contribution in [3.05, 3.63) is 35.6 Å². The maximum Gasteiger partial charge on any atom is 0.306 e. The Kier molecular flexibility index (Phi) is 5.31. The number of carbonyl (C=O) groups is 3. The number of amides is 2. The van der Waals surface area contributed by atoms with E-state index in [1.165, 1.54) is 36.2 Å². The molecule has 0 spiro atoms. The Hall–Kier alpha value is -2.44. The molecule has 1 aromatic rings. The Labute approximate surface area is 133 Å². The number of likely N-dealkylation sites (tertiary alicyclic amines) is 1. The minimum absolute atomic E-state index is 0.0893. The number of carboxylic acid groups (broad SMARTS) is 1. The van der Waals surface area contributed by atoms with Crippen molar-refractivity contribution in [1.29, 1.82) is 0 Å². The fraction of sp³-hybridized carbons (Fsp3) is 0.438. The zero-order valence-corrected chi connectivity index (χ0v) is 12.9. The zero-order valence-electron chi connectivity index (χ0n) is 12.9. The molecule has 1 N–H and O–H groups in total. The maximum atomic E-state index is 12.9. The summed E-state index contributed by atoms with van der Waals surface area (Å²) in [5.74, 6) is -2.24. The number of halogens is 1. The van der Waals surface area contributed by atoms with Gasteiger partial charge in [0.2, 0.25) is 5.91 Å². The molecule has 0 aliphatic carbocycles. The number of benzene rings is 1. The van der Waals surface area contributed by atoms with Crippen LogP contribution < -0.4 is 0 Å². The molecule has 0 atom stereocenters. The van der Waals surface area contributed by atoms with Crippen LogP contribution in [0.2, 0.25) is 0 Å². The fourth-order valence-corrected chi connectivity index (χ4v) is 2.56. The highest BCUT2D eigenvalue weighted by atomic mass is 19.1. The van der Waals surface area contributed by atoms with Crippen molar-refractivity contribution in [2.24, 2.45) is 5.92 Å². The van der Waals surface area contributed by atoms with Crippen molar-refractivity contribution in [2.75, 3.05) is 26.7 Å². The summed E-state index contributed by atoms with van der Waals surface area (Å²) >= 11 is 0. The van der Waals surface area contributed by atoms with Gasteiger partial charge >= 0.3 is 5.97 Å². The van der Waals surface area contributed by atoms with Crippen molar-refractivity contribution < 1.29 is 23.9 Å². The summed E-state index contributed by atoms with van der Waals surface area (Å²) in [6.45, 7) is 0.677. The van der Waals surface area contributed by atoms with E-state index in [0.717, 1.165) is 0 Å². The van der Waals surface area contributed by atoms with Crippen molar-refractivity contribution in [2.45, 2.75) is 12.8 Å². The van der Waals surface area contributed by atoms with Crippen LogP contribution in [0.1, 0.15) is 23.2 Å². The highest BCUT2D eigenvalue weighted by Gasteiger charge is 2.28. The van der Waals surface area contributed by atoms with Crippen LogP contribution >= 0.6 is 0 Å². The Balaban J connectivity index is 1.88. The minimum Gasteiger partial charge on any atom is -0.481 e. The predicted octanol–water partition coefficient (Wildman–Crippen LogP) is 1.22. The Bertz CT molecular complexity index is 595. The predicted molar refractivity (Wildman–Crippen MR) is 80.3 cm³/mol. The third kappa shape index (κ3) is 4.28. The third-order valence-corrected chi connectivity index (χ3v) is 4.01. The standard InChI is InChI=1S/C16H19FN2O4/c1-18(15(21)11-2-4-13(17)5-3-11)10-14(20)19-8-6-12(7-9-19)16(22)23/h2-5,12H,6-10H2,1H3,(H,22,23). The summed E-state index contributed by atoms with van der Waals surface area (Å²) in [6.07, 6.45) is 0.855. The monoisotopic (exact) mass is 322 g/mol. The van der Waals surface area contributed by atoms with Crippen LogP contribution in [0.25, 0.3) is 0 Å². The molecule has 0 unspecified atom stereocenters. The van der Waals surface area contributed by atoms with Crippen LogP contribution in [-0.2, 0) is 9.59 Å². The van der Waals surface area contributed by atoms with Crippen molar-refractivity contribution >= 4 is 17.8 Å². The first-order valence-corrected chi connectivity index (χ1v) is 7.40. The normalized spacial score (nSPS) is 15.3. The van der Waals surface area contributed by atoms with E-state index in [-0.39, 0.29) is 18.4 Å². The van der Waals surface area contributed by atoms with Gasteiger partial charge in [-0.05, 0) is 37.1 Å². The van der Waals surface area contributed by atoms with E-state index in [1.54, 1.807) is 4.90 Å². The fourth-order valence-electron chi connectivity index (χ4n) is 2.56. The number of carbonyl (C=O) groups excluding carboxylic acids is 2. The lowest BCUT2D eigenvalue weighted by molar-refractivity contribution is -0.145. The van der Waals surface area contributed by atoms with Gasteiger partial charge in [-0.1, -0.05) is 0 Å². The number of nitrogens with zero attached hydrogens (tertiary/aromatic N) is 2. The first-order chi connectivity index (χ1) is 10.9. The van der Waals surface area contributed by atoms with Crippen LogP contribution in [0.15, 0.2) is 24.3 Å². The third-order valence-electron chi connectivity index (χ3n) is 4.01. The van der Waals surface area contributed by atoms with E-state index in [9.17, 15) is 18.8 Å². The largest absolute Gasteiger partial charge is 0.481 e. The molecule has 7 heteroatoms. The highest BCUT2D eigenvalue weighted by molar-refractivity contribution is 5.96. The first kappa shape index (κ1) is 16.9. The molecule has 0 aromatic heterocycles. The van der Waals surface area contributed by atoms with Crippen LogP contribution in [0.4, 0.5) is 4.39 Å². The summed E-state index contributed by atoms with van der Waals surface area (Å²) in [4.78, 5) is 38.1. The first-order valence-electron chi connectivity index (χ1n) is 7.40. The number of likely N-dealkylation sites (N-methyl/N-ethyl adjacent to an activating group) is 1. The molecule has 23 heavy (non-hydrogen) atoms. The molecule has 1 aliphatic rings. The molecule has 124 valence electrons. The Morgan fingerprint density at radius 2 is 1.78 bits per heavy atom. The van der Waals surface area contributed by atoms with Gasteiger partial charge in [0.15, 0.2) is 0 Å². The van der Waals surface area contributed by atoms with Crippen LogP contribution in [0, 0.1) is 11.7 Å². The quantitative estimate of drug-likeness (QED) is 0.904. The summed E-state index contributed by atoms with van der Waals surface area (Å²) in [6, 6.07) is 5.13. The number of aliphatic carboxylic acids is 1. The number of hydrogen-bond acceptors (Lipinski definition) is 3. The molecule has 1 saturated heterocycles. The smallest absolute Gasteiger partial charge is 0.306 e. The SMILES string of the molecule is CN(CC(=O)N1CCC(C(=O)O)CC1)C(=O)c1ccc(F)cc1. The number of hydrogen-bond donors (Lipinski definition) is 1. The molecule has 0 saturated carbocycles. The lowest BCUT2D eigenvalue weighted by Gasteiger charge is -2.31. The number of rotatable bonds is 4. The molecule has 1 aliphatic heterocycles. The Morgan fingerprint density at radius 1 is 1.22 bits per heavy atom. The minimum atomic E-state index is -0.833. The second kappa shape index (κ2) is 7.21. The van der Waals surface area contributed by atoms with E-state index in [2.05, 4.69) is 0 Å². The van der Waals surface area contributed by atoms with Crippen molar-refractivity contribution in [3.8, 4) is 0 Å². The molecular formula is C16H19FN2O4. The van der Waals surface area contributed by atoms with E-state index in [4.69, 9.17) is 5.11 Å². The van der Waals surface area contributed by atoms with Gasteiger partial charge in [0, 0.05) is 25.7 Å². The molecule has 2 amide bonds. The van der Waals surface area contributed by atoms with Crippen LogP contribution in [-0.4, -0.2) is 59.4 Å². The average Bonchev–Trinajstić information content (AvgIpc) is 2.54. The Morgan fingerprint density at radius 3 is 2.30 bits per heavy atom. The number of carboxylic acids is 1. The van der Waals surface area contributed by atoms with Gasteiger partial charge in [0.25, 0.3) is 5.91 Å². The van der Waals surface area contributed by atoms with Gasteiger partial charge in [0.1, 0.15) is 5.82 Å². The topological polar surface area (TPSA) is 77.9 Å². The molecule has 6 nitrogen and oxygen atoms in total. The molecule has 0 radical (unpaired) electrons. The van der Waals surface area contributed by atoms with Gasteiger partial charge in [-0.25, -0.2) is 4.39 Å². The van der Waals surface area contributed by atoms with E-state index < -0.39 is 17.7 Å². The summed E-state index contributed by atoms with van der Waals surface area (Å²) in [7, 11) is 1.51. The maximum absolute atomic E-state index is 12.9. The number of piperidine rings is 1. The second-order valence-electron chi connectivity index (χ2n) is 5.66.